The predicted octanol–water partition coefficient (Wildman–Crippen LogP) is 1.18. The van der Waals surface area contributed by atoms with Gasteiger partial charge in [0.2, 0.25) is 0 Å². The minimum Gasteiger partial charge on any atom is -0.389 e. The highest BCUT2D eigenvalue weighted by Crippen LogP contribution is 2.64. The van der Waals surface area contributed by atoms with Crippen molar-refractivity contribution in [3.63, 3.8) is 0 Å². The standard InChI is InChI=1S/C10H16O2/c11-10(7-4-5-12-6-7)8-2-1-3-9(8)10/h7-9,11H,1-6H2. The minimum absolute atomic E-state index is 0.283. The van der Waals surface area contributed by atoms with Crippen LogP contribution in [0.3, 0.4) is 0 Å². The van der Waals surface area contributed by atoms with Gasteiger partial charge in [0.1, 0.15) is 0 Å². The molecular weight excluding hydrogens is 152 g/mol. The van der Waals surface area contributed by atoms with Crippen LogP contribution < -0.4 is 0 Å². The first-order chi connectivity index (χ1) is 5.83. The molecule has 1 aliphatic heterocycles. The fourth-order valence-corrected chi connectivity index (χ4v) is 3.47. The Kier molecular flexibility index (Phi) is 1.37. The van der Waals surface area contributed by atoms with Crippen LogP contribution in [0.25, 0.3) is 0 Å². The van der Waals surface area contributed by atoms with Crippen molar-refractivity contribution in [3.8, 4) is 0 Å². The van der Waals surface area contributed by atoms with E-state index in [0.29, 0.717) is 17.8 Å². The van der Waals surface area contributed by atoms with Gasteiger partial charge in [-0.2, -0.15) is 0 Å². The van der Waals surface area contributed by atoms with Crippen molar-refractivity contribution in [1.29, 1.82) is 0 Å². The monoisotopic (exact) mass is 168 g/mol. The Morgan fingerprint density at radius 3 is 2.50 bits per heavy atom. The summed E-state index contributed by atoms with van der Waals surface area (Å²) in [7, 11) is 0. The SMILES string of the molecule is OC1(C2CCOC2)C2CCCC21. The lowest BCUT2D eigenvalue weighted by molar-refractivity contribution is 0.0363. The van der Waals surface area contributed by atoms with Crippen LogP contribution in [0.5, 0.6) is 0 Å². The van der Waals surface area contributed by atoms with Gasteiger partial charge in [0.15, 0.2) is 0 Å². The van der Waals surface area contributed by atoms with Gasteiger partial charge in [0.25, 0.3) is 0 Å². The molecule has 1 heterocycles. The molecule has 68 valence electrons. The summed E-state index contributed by atoms with van der Waals surface area (Å²) in [6.07, 6.45) is 4.95. The van der Waals surface area contributed by atoms with E-state index in [2.05, 4.69) is 0 Å². The number of hydrogen-bond donors (Lipinski definition) is 1. The van der Waals surface area contributed by atoms with E-state index in [9.17, 15) is 5.11 Å². The van der Waals surface area contributed by atoms with E-state index in [4.69, 9.17) is 4.74 Å². The second-order valence-electron chi connectivity index (χ2n) is 4.59. The average molecular weight is 168 g/mol. The lowest BCUT2D eigenvalue weighted by Crippen LogP contribution is -2.28. The van der Waals surface area contributed by atoms with E-state index in [1.54, 1.807) is 0 Å². The summed E-state index contributed by atoms with van der Waals surface area (Å²) < 4.78 is 5.33. The zero-order valence-electron chi connectivity index (χ0n) is 7.33. The van der Waals surface area contributed by atoms with Crippen LogP contribution in [0, 0.1) is 17.8 Å². The normalized spacial score (nSPS) is 57.2. The third-order valence-electron chi connectivity index (χ3n) is 4.18. The smallest absolute Gasteiger partial charge is 0.0762 e. The molecule has 1 N–H and O–H groups in total. The van der Waals surface area contributed by atoms with Crippen LogP contribution in [0.4, 0.5) is 0 Å². The molecule has 3 rings (SSSR count). The highest BCUT2D eigenvalue weighted by Gasteiger charge is 2.68. The number of fused-ring (bicyclic) bond motifs is 1. The van der Waals surface area contributed by atoms with E-state index in [1.807, 2.05) is 0 Å². The first kappa shape index (κ1) is 7.34. The van der Waals surface area contributed by atoms with Gasteiger partial charge >= 0.3 is 0 Å². The molecule has 3 aliphatic rings. The van der Waals surface area contributed by atoms with Crippen LogP contribution in [0.15, 0.2) is 0 Å². The molecule has 2 nitrogen and oxygen atoms in total. The molecule has 3 unspecified atom stereocenters. The summed E-state index contributed by atoms with van der Waals surface area (Å²) in [5, 5.41) is 10.3. The number of hydrogen-bond acceptors (Lipinski definition) is 2. The van der Waals surface area contributed by atoms with E-state index in [0.717, 1.165) is 19.6 Å². The Hall–Kier alpha value is -0.0800. The fraction of sp³-hybridized carbons (Fsp3) is 1.00. The van der Waals surface area contributed by atoms with Crippen molar-refractivity contribution in [3.05, 3.63) is 0 Å². The summed E-state index contributed by atoms with van der Waals surface area (Å²) in [5.41, 5.74) is -0.283. The van der Waals surface area contributed by atoms with Crippen LogP contribution in [-0.2, 0) is 4.74 Å². The summed E-state index contributed by atoms with van der Waals surface area (Å²) >= 11 is 0. The molecule has 3 atom stereocenters. The highest BCUT2D eigenvalue weighted by atomic mass is 16.5. The van der Waals surface area contributed by atoms with E-state index in [-0.39, 0.29) is 5.60 Å². The molecule has 0 aromatic rings. The van der Waals surface area contributed by atoms with Crippen LogP contribution >= 0.6 is 0 Å². The molecule has 0 radical (unpaired) electrons. The Labute approximate surface area is 72.9 Å². The van der Waals surface area contributed by atoms with Crippen LogP contribution in [0.1, 0.15) is 25.7 Å². The first-order valence-corrected chi connectivity index (χ1v) is 5.13. The number of rotatable bonds is 1. The Morgan fingerprint density at radius 2 is 1.92 bits per heavy atom. The van der Waals surface area contributed by atoms with Crippen molar-refractivity contribution in [2.75, 3.05) is 13.2 Å². The van der Waals surface area contributed by atoms with Crippen molar-refractivity contribution >= 4 is 0 Å². The molecule has 0 bridgehead atoms. The summed E-state index contributed by atoms with van der Waals surface area (Å²) in [5.74, 6) is 1.75. The second kappa shape index (κ2) is 2.24. The average Bonchev–Trinajstić information content (AvgIpc) is 2.62. The third kappa shape index (κ3) is 0.728. The quantitative estimate of drug-likeness (QED) is 0.637. The maximum atomic E-state index is 10.3. The van der Waals surface area contributed by atoms with Gasteiger partial charge < -0.3 is 9.84 Å². The van der Waals surface area contributed by atoms with Gasteiger partial charge in [-0.15, -0.1) is 0 Å². The predicted molar refractivity (Wildman–Crippen MR) is 44.7 cm³/mol. The number of ether oxygens (including phenoxy) is 1. The zero-order chi connectivity index (χ0) is 8.18. The maximum absolute atomic E-state index is 10.3. The van der Waals surface area contributed by atoms with Crippen molar-refractivity contribution in [1.82, 2.24) is 0 Å². The summed E-state index contributed by atoms with van der Waals surface area (Å²) in [6, 6.07) is 0. The van der Waals surface area contributed by atoms with E-state index >= 15 is 0 Å². The Bertz CT molecular complexity index is 186. The molecule has 0 spiro atoms. The fourth-order valence-electron chi connectivity index (χ4n) is 3.47. The molecule has 2 saturated carbocycles. The molecule has 0 aromatic heterocycles. The second-order valence-corrected chi connectivity index (χ2v) is 4.59. The van der Waals surface area contributed by atoms with Gasteiger partial charge in [0, 0.05) is 12.5 Å². The van der Waals surface area contributed by atoms with Gasteiger partial charge in [-0.1, -0.05) is 6.42 Å². The molecule has 3 fully saturated rings. The molecule has 0 amide bonds. The summed E-state index contributed by atoms with van der Waals surface area (Å²) in [6.45, 7) is 1.68. The zero-order valence-corrected chi connectivity index (χ0v) is 7.33. The lowest BCUT2D eigenvalue weighted by Gasteiger charge is -2.20. The van der Waals surface area contributed by atoms with Gasteiger partial charge in [-0.25, -0.2) is 0 Å². The summed E-state index contributed by atoms with van der Waals surface area (Å²) in [4.78, 5) is 0. The maximum Gasteiger partial charge on any atom is 0.0762 e. The van der Waals surface area contributed by atoms with Gasteiger partial charge in [0.05, 0.1) is 12.2 Å². The molecule has 2 heteroatoms. The molecule has 1 saturated heterocycles. The van der Waals surface area contributed by atoms with Crippen LogP contribution in [-0.4, -0.2) is 23.9 Å². The van der Waals surface area contributed by atoms with E-state index < -0.39 is 0 Å². The third-order valence-corrected chi connectivity index (χ3v) is 4.18. The molecular formula is C10H16O2. The van der Waals surface area contributed by atoms with Crippen molar-refractivity contribution in [2.45, 2.75) is 31.3 Å². The minimum atomic E-state index is -0.283. The molecule has 2 aliphatic carbocycles. The number of aliphatic hydroxyl groups is 1. The lowest BCUT2D eigenvalue weighted by atomic mass is 9.92. The van der Waals surface area contributed by atoms with Gasteiger partial charge in [-0.3, -0.25) is 0 Å². The Morgan fingerprint density at radius 1 is 1.17 bits per heavy atom. The molecule has 12 heavy (non-hydrogen) atoms. The largest absolute Gasteiger partial charge is 0.389 e. The topological polar surface area (TPSA) is 29.5 Å². The van der Waals surface area contributed by atoms with Crippen molar-refractivity contribution < 1.29 is 9.84 Å². The Balaban J connectivity index is 1.76. The van der Waals surface area contributed by atoms with Crippen molar-refractivity contribution in [2.24, 2.45) is 17.8 Å². The highest BCUT2D eigenvalue weighted by molar-refractivity contribution is 5.18. The van der Waals surface area contributed by atoms with Crippen LogP contribution in [0.2, 0.25) is 0 Å². The van der Waals surface area contributed by atoms with Gasteiger partial charge in [-0.05, 0) is 31.1 Å². The first-order valence-electron chi connectivity index (χ1n) is 5.13. The van der Waals surface area contributed by atoms with E-state index in [1.165, 1.54) is 19.3 Å². The molecule has 0 aromatic carbocycles.